The number of anilines is 1. The van der Waals surface area contributed by atoms with Gasteiger partial charge in [0.1, 0.15) is 0 Å². The fourth-order valence-electron chi connectivity index (χ4n) is 4.28. The Hall–Kier alpha value is -2.48. The van der Waals surface area contributed by atoms with Gasteiger partial charge in [0.15, 0.2) is 11.5 Å². The molecule has 1 aliphatic carbocycles. The van der Waals surface area contributed by atoms with Crippen molar-refractivity contribution in [3.05, 3.63) is 18.2 Å². The molecule has 2 aliphatic heterocycles. The van der Waals surface area contributed by atoms with Gasteiger partial charge in [-0.1, -0.05) is 0 Å². The third kappa shape index (κ3) is 4.01. The van der Waals surface area contributed by atoms with E-state index in [0.29, 0.717) is 23.6 Å². The van der Waals surface area contributed by atoms with Crippen LogP contribution in [0, 0.1) is 5.92 Å². The molecule has 0 radical (unpaired) electrons. The lowest BCUT2D eigenvalue weighted by molar-refractivity contribution is -0.137. The largest absolute Gasteiger partial charge is 0.454 e. The Labute approximate surface area is 164 Å². The van der Waals surface area contributed by atoms with Crippen molar-refractivity contribution in [3.8, 4) is 11.5 Å². The molecule has 3 atom stereocenters. The Balaban J connectivity index is 1.31. The van der Waals surface area contributed by atoms with Crippen LogP contribution in [0.1, 0.15) is 32.1 Å². The molecule has 2 heterocycles. The summed E-state index contributed by atoms with van der Waals surface area (Å²) in [7, 11) is 1.64. The van der Waals surface area contributed by atoms with Gasteiger partial charge in [-0.05, 0) is 44.2 Å². The third-order valence-electron chi connectivity index (χ3n) is 5.81. The van der Waals surface area contributed by atoms with Gasteiger partial charge in [-0.15, -0.1) is 0 Å². The fraction of sp³-hybridized carbons (Fsp3) is 0.600. The second kappa shape index (κ2) is 8.26. The summed E-state index contributed by atoms with van der Waals surface area (Å²) >= 11 is 0. The molecular formula is C20H27N3O5. The molecule has 3 aliphatic rings. The number of hydrogen-bond donors (Lipinski definition) is 2. The molecule has 152 valence electrons. The van der Waals surface area contributed by atoms with Crippen LogP contribution >= 0.6 is 0 Å². The number of likely N-dealkylation sites (tertiary alicyclic amines) is 1. The zero-order chi connectivity index (χ0) is 19.5. The lowest BCUT2D eigenvalue weighted by atomic mass is 9.83. The van der Waals surface area contributed by atoms with Crippen LogP contribution in [0.2, 0.25) is 0 Å². The maximum atomic E-state index is 12.7. The van der Waals surface area contributed by atoms with Crippen molar-refractivity contribution in [2.45, 2.75) is 44.2 Å². The average Bonchev–Trinajstić information content (AvgIpc) is 3.39. The highest BCUT2D eigenvalue weighted by atomic mass is 16.7. The average molecular weight is 389 g/mol. The van der Waals surface area contributed by atoms with E-state index < -0.39 is 0 Å². The highest BCUT2D eigenvalue weighted by Gasteiger charge is 2.37. The summed E-state index contributed by atoms with van der Waals surface area (Å²) in [6, 6.07) is 4.86. The number of fused-ring (bicyclic) bond motifs is 1. The normalized spacial score (nSPS) is 26.2. The minimum atomic E-state index is -0.296. The van der Waals surface area contributed by atoms with E-state index >= 15 is 0 Å². The molecule has 1 saturated carbocycles. The van der Waals surface area contributed by atoms with Crippen molar-refractivity contribution in [1.82, 2.24) is 10.2 Å². The topological polar surface area (TPSA) is 89.1 Å². The molecule has 1 aromatic carbocycles. The van der Waals surface area contributed by atoms with Gasteiger partial charge in [-0.25, -0.2) is 4.79 Å². The summed E-state index contributed by atoms with van der Waals surface area (Å²) in [5.41, 5.74) is 0.633. The van der Waals surface area contributed by atoms with E-state index in [1.807, 2.05) is 4.90 Å². The first kappa shape index (κ1) is 18.9. The highest BCUT2D eigenvalue weighted by molar-refractivity contribution is 5.90. The van der Waals surface area contributed by atoms with Crippen molar-refractivity contribution in [2.24, 2.45) is 5.92 Å². The number of hydrogen-bond acceptors (Lipinski definition) is 5. The molecule has 28 heavy (non-hydrogen) atoms. The number of amides is 3. The number of benzene rings is 1. The van der Waals surface area contributed by atoms with Crippen LogP contribution in [0.25, 0.3) is 0 Å². The van der Waals surface area contributed by atoms with Gasteiger partial charge in [-0.2, -0.15) is 0 Å². The second-order valence-electron chi connectivity index (χ2n) is 7.59. The van der Waals surface area contributed by atoms with E-state index in [1.54, 1.807) is 25.3 Å². The first-order valence-electron chi connectivity index (χ1n) is 9.93. The number of nitrogens with one attached hydrogen (secondary N) is 2. The number of methoxy groups -OCH3 is 1. The van der Waals surface area contributed by atoms with E-state index in [2.05, 4.69) is 10.6 Å². The van der Waals surface area contributed by atoms with Crippen LogP contribution in [-0.2, 0) is 9.53 Å². The summed E-state index contributed by atoms with van der Waals surface area (Å²) in [6.07, 6.45) is 4.14. The van der Waals surface area contributed by atoms with Gasteiger partial charge >= 0.3 is 6.03 Å². The molecule has 0 aromatic heterocycles. The number of urea groups is 1. The lowest BCUT2D eigenvalue weighted by Crippen LogP contribution is -2.51. The number of carbonyl (C=O) groups is 2. The molecule has 1 aromatic rings. The second-order valence-corrected chi connectivity index (χ2v) is 7.59. The Bertz CT molecular complexity index is 735. The third-order valence-corrected chi connectivity index (χ3v) is 5.81. The van der Waals surface area contributed by atoms with Gasteiger partial charge in [-0.3, -0.25) is 4.79 Å². The minimum absolute atomic E-state index is 0.0157. The van der Waals surface area contributed by atoms with Gasteiger partial charge in [0, 0.05) is 37.9 Å². The molecule has 0 unspecified atom stereocenters. The Morgan fingerprint density at radius 2 is 1.93 bits per heavy atom. The first-order valence-corrected chi connectivity index (χ1v) is 9.93. The summed E-state index contributed by atoms with van der Waals surface area (Å²) in [4.78, 5) is 27.1. The van der Waals surface area contributed by atoms with Gasteiger partial charge < -0.3 is 29.7 Å². The zero-order valence-corrected chi connectivity index (χ0v) is 16.1. The molecule has 0 spiro atoms. The van der Waals surface area contributed by atoms with Gasteiger partial charge in [0.2, 0.25) is 12.7 Å². The first-order chi connectivity index (χ1) is 13.6. The molecule has 2 fully saturated rings. The summed E-state index contributed by atoms with van der Waals surface area (Å²) in [5, 5.41) is 5.82. The molecule has 2 N–H and O–H groups in total. The van der Waals surface area contributed by atoms with Crippen molar-refractivity contribution in [2.75, 3.05) is 32.3 Å². The molecule has 4 rings (SSSR count). The van der Waals surface area contributed by atoms with Crippen LogP contribution < -0.4 is 20.1 Å². The molecular weight excluding hydrogens is 362 g/mol. The zero-order valence-electron chi connectivity index (χ0n) is 16.1. The number of nitrogens with zero attached hydrogens (tertiary/aromatic N) is 1. The van der Waals surface area contributed by atoms with Crippen molar-refractivity contribution < 1.29 is 23.8 Å². The van der Waals surface area contributed by atoms with Crippen LogP contribution in [0.3, 0.4) is 0 Å². The maximum absolute atomic E-state index is 12.7. The molecule has 0 bridgehead atoms. The predicted molar refractivity (Wildman–Crippen MR) is 102 cm³/mol. The molecule has 3 amide bonds. The standard InChI is InChI=1S/C20H27N3O5/c1-26-17-10-13(19(24)23-8-2-3-9-23)4-6-15(17)22-20(25)21-14-5-7-16-18(11-14)28-12-27-16/h5,7,11,13,15,17H,2-4,6,8-10,12H2,1H3,(H2,21,22,25)/t13-,15-,17-/m0/s1. The smallest absolute Gasteiger partial charge is 0.319 e. The van der Waals surface area contributed by atoms with Crippen LogP contribution in [-0.4, -0.2) is 56.0 Å². The monoisotopic (exact) mass is 389 g/mol. The Morgan fingerprint density at radius 1 is 1.14 bits per heavy atom. The van der Waals surface area contributed by atoms with E-state index in [4.69, 9.17) is 14.2 Å². The van der Waals surface area contributed by atoms with E-state index in [1.165, 1.54) is 0 Å². The lowest BCUT2D eigenvalue weighted by Gasteiger charge is -2.36. The van der Waals surface area contributed by atoms with Crippen LogP contribution in [0.4, 0.5) is 10.5 Å². The van der Waals surface area contributed by atoms with Crippen LogP contribution in [0.15, 0.2) is 18.2 Å². The quantitative estimate of drug-likeness (QED) is 0.825. The predicted octanol–water partition coefficient (Wildman–Crippen LogP) is 2.34. The van der Waals surface area contributed by atoms with Gasteiger partial charge in [0.25, 0.3) is 0 Å². The summed E-state index contributed by atoms with van der Waals surface area (Å²) in [6.45, 7) is 1.93. The number of rotatable bonds is 4. The fourth-order valence-corrected chi connectivity index (χ4v) is 4.28. The maximum Gasteiger partial charge on any atom is 0.319 e. The Morgan fingerprint density at radius 3 is 2.71 bits per heavy atom. The molecule has 1 saturated heterocycles. The number of carbonyl (C=O) groups excluding carboxylic acids is 2. The van der Waals surface area contributed by atoms with Crippen molar-refractivity contribution in [1.29, 1.82) is 0 Å². The molecule has 8 nitrogen and oxygen atoms in total. The van der Waals surface area contributed by atoms with Crippen molar-refractivity contribution in [3.63, 3.8) is 0 Å². The minimum Gasteiger partial charge on any atom is -0.454 e. The van der Waals surface area contributed by atoms with Crippen LogP contribution in [0.5, 0.6) is 11.5 Å². The van der Waals surface area contributed by atoms with Gasteiger partial charge in [0.05, 0.1) is 12.1 Å². The molecule has 8 heteroatoms. The Kier molecular flexibility index (Phi) is 5.57. The highest BCUT2D eigenvalue weighted by Crippen LogP contribution is 2.34. The van der Waals surface area contributed by atoms with E-state index in [-0.39, 0.29) is 36.8 Å². The SMILES string of the molecule is CO[C@H]1C[C@@H](C(=O)N2CCCC2)CC[C@@H]1NC(=O)Nc1ccc2c(c1)OCO2. The van der Waals surface area contributed by atoms with Crippen molar-refractivity contribution >= 4 is 17.6 Å². The van der Waals surface area contributed by atoms with E-state index in [0.717, 1.165) is 38.8 Å². The number of ether oxygens (including phenoxy) is 3. The summed E-state index contributed by atoms with van der Waals surface area (Å²) in [5.74, 6) is 1.51. The summed E-state index contributed by atoms with van der Waals surface area (Å²) < 4.78 is 16.2. The van der Waals surface area contributed by atoms with E-state index in [9.17, 15) is 9.59 Å².